The molecule has 2 N–H and O–H groups in total. The molecule has 0 unspecified atom stereocenters. The number of carbonyl (C=O) groups is 1. The minimum Gasteiger partial charge on any atom is -0.355 e. The third kappa shape index (κ3) is 4.39. The first kappa shape index (κ1) is 15.2. The quantitative estimate of drug-likeness (QED) is 0.814. The molecule has 2 aromatic rings. The number of amides is 1. The molecule has 0 aliphatic heterocycles. The van der Waals surface area contributed by atoms with Crippen molar-refractivity contribution in [1.82, 2.24) is 20.0 Å². The lowest BCUT2D eigenvalue weighted by molar-refractivity contribution is -0.120. The number of hydrogen-bond donors (Lipinski definition) is 2. The molecule has 1 amide bonds. The summed E-state index contributed by atoms with van der Waals surface area (Å²) >= 11 is 0. The Hall–Kier alpha value is -2.21. The van der Waals surface area contributed by atoms with Crippen LogP contribution in [0.5, 0.6) is 0 Å². The summed E-state index contributed by atoms with van der Waals surface area (Å²) in [4.78, 5) is 27.8. The predicted octanol–water partition coefficient (Wildman–Crippen LogP) is 0.556. The number of pyridine rings is 1. The maximum Gasteiger partial charge on any atom is 0.258 e. The summed E-state index contributed by atoms with van der Waals surface area (Å²) in [5.74, 6) is 0.373. The molecule has 2 aromatic heterocycles. The van der Waals surface area contributed by atoms with Gasteiger partial charge >= 0.3 is 0 Å². The Morgan fingerprint density at radius 1 is 1.38 bits per heavy atom. The third-order valence-electron chi connectivity index (χ3n) is 2.92. The van der Waals surface area contributed by atoms with E-state index < -0.39 is 0 Å². The molecule has 0 aliphatic rings. The number of nitrogens with one attached hydrogen (secondary N) is 2. The first-order chi connectivity index (χ1) is 10.1. The fourth-order valence-corrected chi connectivity index (χ4v) is 1.88. The Bertz CT molecular complexity index is 679. The van der Waals surface area contributed by atoms with E-state index in [1.54, 1.807) is 18.3 Å². The summed E-state index contributed by atoms with van der Waals surface area (Å²) in [6, 6.07) is 6.87. The molecule has 6 nitrogen and oxygen atoms in total. The van der Waals surface area contributed by atoms with E-state index in [-0.39, 0.29) is 18.0 Å². The number of rotatable bonds is 6. The minimum absolute atomic E-state index is 0.0544. The van der Waals surface area contributed by atoms with E-state index >= 15 is 0 Å². The number of aromatic nitrogens is 2. The standard InChI is InChI=1S/C15H20N4O2/c1-11(2)8-17-14(20)10-16-9-12-7-15(21)19-6-4-3-5-13(19)18-12/h3-7,11,16H,8-10H2,1-2H3,(H,17,20). The van der Waals surface area contributed by atoms with E-state index in [9.17, 15) is 9.59 Å². The molecule has 0 bridgehead atoms. The molecular formula is C15H20N4O2. The molecule has 6 heteroatoms. The van der Waals surface area contributed by atoms with Crippen molar-refractivity contribution in [3.8, 4) is 0 Å². The second-order valence-corrected chi connectivity index (χ2v) is 5.32. The molecule has 0 saturated heterocycles. The third-order valence-corrected chi connectivity index (χ3v) is 2.92. The summed E-state index contributed by atoms with van der Waals surface area (Å²) in [7, 11) is 0. The normalized spacial score (nSPS) is 11.0. The fraction of sp³-hybridized carbons (Fsp3) is 0.400. The van der Waals surface area contributed by atoms with Crippen molar-refractivity contribution < 1.29 is 4.79 Å². The van der Waals surface area contributed by atoms with Gasteiger partial charge in [-0.3, -0.25) is 14.0 Å². The van der Waals surface area contributed by atoms with Crippen LogP contribution in [0.4, 0.5) is 0 Å². The first-order valence-electron chi connectivity index (χ1n) is 7.01. The van der Waals surface area contributed by atoms with Gasteiger partial charge in [0, 0.05) is 25.4 Å². The molecule has 0 radical (unpaired) electrons. The van der Waals surface area contributed by atoms with Crippen LogP contribution in [0.2, 0.25) is 0 Å². The van der Waals surface area contributed by atoms with Gasteiger partial charge in [-0.25, -0.2) is 4.98 Å². The number of fused-ring (bicyclic) bond motifs is 1. The monoisotopic (exact) mass is 288 g/mol. The van der Waals surface area contributed by atoms with E-state index in [0.29, 0.717) is 30.3 Å². The van der Waals surface area contributed by atoms with Crippen LogP contribution in [0.3, 0.4) is 0 Å². The summed E-state index contributed by atoms with van der Waals surface area (Å²) in [5, 5.41) is 5.82. The van der Waals surface area contributed by atoms with E-state index in [2.05, 4.69) is 15.6 Å². The van der Waals surface area contributed by atoms with Crippen LogP contribution < -0.4 is 16.2 Å². The summed E-state index contributed by atoms with van der Waals surface area (Å²) in [6.45, 7) is 5.34. The molecule has 0 aliphatic carbocycles. The average molecular weight is 288 g/mol. The zero-order valence-corrected chi connectivity index (χ0v) is 12.3. The maximum atomic E-state index is 11.9. The highest BCUT2D eigenvalue weighted by Crippen LogP contribution is 1.98. The van der Waals surface area contributed by atoms with Crippen LogP contribution in [0.25, 0.3) is 5.65 Å². The van der Waals surface area contributed by atoms with E-state index in [1.807, 2.05) is 19.9 Å². The molecule has 2 rings (SSSR count). The second kappa shape index (κ2) is 6.99. The highest BCUT2D eigenvalue weighted by Gasteiger charge is 2.04. The van der Waals surface area contributed by atoms with Crippen molar-refractivity contribution in [3.63, 3.8) is 0 Å². The van der Waals surface area contributed by atoms with Gasteiger partial charge in [-0.1, -0.05) is 19.9 Å². The van der Waals surface area contributed by atoms with Crippen LogP contribution in [0.1, 0.15) is 19.5 Å². The van der Waals surface area contributed by atoms with E-state index in [1.165, 1.54) is 10.5 Å². The largest absolute Gasteiger partial charge is 0.355 e. The first-order valence-corrected chi connectivity index (χ1v) is 7.01. The molecule has 112 valence electrons. The highest BCUT2D eigenvalue weighted by atomic mass is 16.2. The maximum absolute atomic E-state index is 11.9. The number of carbonyl (C=O) groups excluding carboxylic acids is 1. The van der Waals surface area contributed by atoms with Gasteiger partial charge in [0.2, 0.25) is 5.91 Å². The van der Waals surface area contributed by atoms with Crippen molar-refractivity contribution in [2.75, 3.05) is 13.1 Å². The Labute approximate surface area is 123 Å². The van der Waals surface area contributed by atoms with Crippen LogP contribution in [-0.2, 0) is 11.3 Å². The highest BCUT2D eigenvalue weighted by molar-refractivity contribution is 5.77. The van der Waals surface area contributed by atoms with Gasteiger partial charge in [0.1, 0.15) is 5.65 Å². The second-order valence-electron chi connectivity index (χ2n) is 5.32. The van der Waals surface area contributed by atoms with Gasteiger partial charge in [0.25, 0.3) is 5.56 Å². The molecule has 0 spiro atoms. The predicted molar refractivity (Wildman–Crippen MR) is 81.0 cm³/mol. The van der Waals surface area contributed by atoms with Crippen molar-refractivity contribution >= 4 is 11.6 Å². The van der Waals surface area contributed by atoms with Crippen LogP contribution in [0, 0.1) is 5.92 Å². The van der Waals surface area contributed by atoms with E-state index in [4.69, 9.17) is 0 Å². The van der Waals surface area contributed by atoms with E-state index in [0.717, 1.165) is 0 Å². The van der Waals surface area contributed by atoms with Crippen LogP contribution in [-0.4, -0.2) is 28.4 Å². The van der Waals surface area contributed by atoms with Crippen molar-refractivity contribution in [1.29, 1.82) is 0 Å². The van der Waals surface area contributed by atoms with Gasteiger partial charge in [-0.2, -0.15) is 0 Å². The van der Waals surface area contributed by atoms with Crippen LogP contribution in [0.15, 0.2) is 35.3 Å². The molecule has 2 heterocycles. The lowest BCUT2D eigenvalue weighted by Crippen LogP contribution is -2.35. The lowest BCUT2D eigenvalue weighted by Gasteiger charge is -2.08. The van der Waals surface area contributed by atoms with Gasteiger partial charge in [-0.15, -0.1) is 0 Å². The van der Waals surface area contributed by atoms with Gasteiger partial charge in [0.15, 0.2) is 0 Å². The molecule has 0 atom stereocenters. The van der Waals surface area contributed by atoms with Gasteiger partial charge in [-0.05, 0) is 18.1 Å². The van der Waals surface area contributed by atoms with Crippen molar-refractivity contribution in [2.24, 2.45) is 5.92 Å². The zero-order chi connectivity index (χ0) is 15.2. The topological polar surface area (TPSA) is 75.5 Å². The Balaban J connectivity index is 1.92. The fourth-order valence-electron chi connectivity index (χ4n) is 1.88. The smallest absolute Gasteiger partial charge is 0.258 e. The molecule has 0 fully saturated rings. The molecule has 21 heavy (non-hydrogen) atoms. The average Bonchev–Trinajstić information content (AvgIpc) is 2.45. The SMILES string of the molecule is CC(C)CNC(=O)CNCc1cc(=O)n2ccccc2n1. The minimum atomic E-state index is -0.123. The van der Waals surface area contributed by atoms with Crippen LogP contribution >= 0.6 is 0 Å². The van der Waals surface area contributed by atoms with Crippen molar-refractivity contribution in [2.45, 2.75) is 20.4 Å². The zero-order valence-electron chi connectivity index (χ0n) is 12.3. The van der Waals surface area contributed by atoms with Gasteiger partial charge in [0.05, 0.1) is 12.2 Å². The Morgan fingerprint density at radius 2 is 2.19 bits per heavy atom. The lowest BCUT2D eigenvalue weighted by atomic mass is 10.2. The Kier molecular flexibility index (Phi) is 5.05. The summed E-state index contributed by atoms with van der Waals surface area (Å²) < 4.78 is 1.48. The molecular weight excluding hydrogens is 268 g/mol. The summed E-state index contributed by atoms with van der Waals surface area (Å²) in [5.41, 5.74) is 1.11. The molecule has 0 aromatic carbocycles. The Morgan fingerprint density at radius 3 is 2.95 bits per heavy atom. The number of nitrogens with zero attached hydrogens (tertiary/aromatic N) is 2. The molecule has 0 saturated carbocycles. The number of hydrogen-bond acceptors (Lipinski definition) is 4. The van der Waals surface area contributed by atoms with Crippen molar-refractivity contribution in [3.05, 3.63) is 46.5 Å². The summed E-state index contributed by atoms with van der Waals surface area (Å²) in [6.07, 6.45) is 1.68. The van der Waals surface area contributed by atoms with Gasteiger partial charge < -0.3 is 10.6 Å².